The predicted octanol–water partition coefficient (Wildman–Crippen LogP) is 14.1. The number of halogens is 4. The number of ether oxygens (including phenoxy) is 6. The Bertz CT molecular complexity index is 2790. The van der Waals surface area contributed by atoms with E-state index in [9.17, 15) is 13.2 Å². The molecule has 0 radical (unpaired) electrons. The number of pyridine rings is 1. The molecule has 420 valence electrons. The van der Waals surface area contributed by atoms with Gasteiger partial charge in [0.15, 0.2) is 11.5 Å². The largest absolute Gasteiger partial charge is 0.441 e. The highest BCUT2D eigenvalue weighted by molar-refractivity contribution is 6.05. The molecule has 6 aromatic carbocycles. The van der Waals surface area contributed by atoms with Gasteiger partial charge >= 0.3 is 6.18 Å². The molecule has 0 bridgehead atoms. The van der Waals surface area contributed by atoms with Gasteiger partial charge in [0.2, 0.25) is 12.6 Å². The molecule has 2 fully saturated rings. The Balaban J connectivity index is 0.000000207. The van der Waals surface area contributed by atoms with E-state index in [1.54, 1.807) is 92.7 Å². The van der Waals surface area contributed by atoms with E-state index >= 15 is 4.39 Å². The molecule has 80 heavy (non-hydrogen) atoms. The van der Waals surface area contributed by atoms with Crippen LogP contribution < -0.4 is 11.1 Å². The maximum Gasteiger partial charge on any atom is 0.441 e. The van der Waals surface area contributed by atoms with Gasteiger partial charge in [-0.3, -0.25) is 4.99 Å². The molecule has 0 saturated carbocycles. The summed E-state index contributed by atoms with van der Waals surface area (Å²) < 4.78 is 92.9. The van der Waals surface area contributed by atoms with E-state index in [4.69, 9.17) is 39.1 Å². The Morgan fingerprint density at radius 3 is 1.38 bits per heavy atom. The topological polar surface area (TPSA) is 119 Å². The third-order valence-corrected chi connectivity index (χ3v) is 13.4. The van der Waals surface area contributed by atoms with Crippen LogP contribution in [0.4, 0.5) is 23.2 Å². The van der Waals surface area contributed by atoms with E-state index in [0.717, 1.165) is 36.1 Å². The van der Waals surface area contributed by atoms with Crippen LogP contribution in [0, 0.1) is 17.7 Å². The quantitative estimate of drug-likeness (QED) is 0.0253. The van der Waals surface area contributed by atoms with Gasteiger partial charge in [-0.15, -0.1) is 0 Å². The van der Waals surface area contributed by atoms with Gasteiger partial charge in [-0.1, -0.05) is 182 Å². The van der Waals surface area contributed by atoms with Crippen LogP contribution in [0.3, 0.4) is 0 Å². The first-order valence-corrected chi connectivity index (χ1v) is 27.4. The van der Waals surface area contributed by atoms with Gasteiger partial charge in [-0.2, -0.15) is 13.2 Å². The van der Waals surface area contributed by atoms with Gasteiger partial charge in [0.1, 0.15) is 22.9 Å². The summed E-state index contributed by atoms with van der Waals surface area (Å²) in [6, 6.07) is 58.9. The number of aromatic nitrogens is 1. The van der Waals surface area contributed by atoms with Gasteiger partial charge in [-0.05, 0) is 105 Å². The highest BCUT2D eigenvalue weighted by atomic mass is 19.4. The lowest BCUT2D eigenvalue weighted by Crippen LogP contribution is -2.38. The highest BCUT2D eigenvalue weighted by Crippen LogP contribution is 2.44. The van der Waals surface area contributed by atoms with Crippen molar-refractivity contribution in [1.29, 1.82) is 0 Å². The van der Waals surface area contributed by atoms with Gasteiger partial charge < -0.3 is 39.5 Å². The zero-order valence-corrected chi connectivity index (χ0v) is 45.9. The zero-order valence-electron chi connectivity index (χ0n) is 45.9. The fourth-order valence-electron chi connectivity index (χ4n) is 9.75. The predicted molar refractivity (Wildman–Crippen MR) is 306 cm³/mol. The van der Waals surface area contributed by atoms with Crippen LogP contribution in [-0.4, -0.2) is 75.5 Å². The summed E-state index contributed by atoms with van der Waals surface area (Å²) in [5, 5.41) is 3.67. The SMILES string of the molecule is CCOC(C#CC(=NC(c1ccccc1)(c1ccccc1)c1ccccc1)C(F)(F)F)OCC.CCOC(OCC)c1cc(NC(c2ccccc2)(c2ccccc2)c2ccccc2)c(F)c(C2CCCO2)n1.NCC1CCCO1. The summed E-state index contributed by atoms with van der Waals surface area (Å²) >= 11 is 0. The molecule has 2 aliphatic heterocycles. The molecule has 3 heterocycles. The Labute approximate surface area is 468 Å². The lowest BCUT2D eigenvalue weighted by Gasteiger charge is -2.38. The number of anilines is 1. The summed E-state index contributed by atoms with van der Waals surface area (Å²) in [6.07, 6.45) is -2.71. The number of aliphatic imine (C=N–C) groups is 1. The number of nitrogens with one attached hydrogen (secondary N) is 1. The smallest absolute Gasteiger partial charge is 0.377 e. The number of alkyl halides is 3. The first kappa shape index (κ1) is 60.6. The lowest BCUT2D eigenvalue weighted by atomic mass is 9.76. The van der Waals surface area contributed by atoms with Gasteiger partial charge in [0.05, 0.1) is 17.5 Å². The Morgan fingerprint density at radius 1 is 0.613 bits per heavy atom. The minimum Gasteiger partial charge on any atom is -0.377 e. The summed E-state index contributed by atoms with van der Waals surface area (Å²) in [4.78, 5) is 9.10. The van der Waals surface area contributed by atoms with E-state index < -0.39 is 47.5 Å². The van der Waals surface area contributed by atoms with Gasteiger partial charge in [0.25, 0.3) is 0 Å². The van der Waals surface area contributed by atoms with Crippen LogP contribution in [0.1, 0.15) is 111 Å². The van der Waals surface area contributed by atoms with Gasteiger partial charge in [-0.25, -0.2) is 9.37 Å². The summed E-state index contributed by atoms with van der Waals surface area (Å²) in [7, 11) is 0. The Morgan fingerprint density at radius 2 is 1.02 bits per heavy atom. The van der Waals surface area contributed by atoms with Crippen molar-refractivity contribution in [3.63, 3.8) is 0 Å². The molecule has 7 aromatic rings. The van der Waals surface area contributed by atoms with Gasteiger partial charge in [0, 0.05) is 46.2 Å². The number of nitrogens with zero attached hydrogens (tertiary/aromatic N) is 2. The zero-order chi connectivity index (χ0) is 56.6. The first-order chi connectivity index (χ1) is 39.0. The van der Waals surface area contributed by atoms with Crippen molar-refractivity contribution >= 4 is 11.4 Å². The van der Waals surface area contributed by atoms with Crippen molar-refractivity contribution < 1.29 is 46.0 Å². The van der Waals surface area contributed by atoms with Crippen LogP contribution in [0.15, 0.2) is 193 Å². The van der Waals surface area contributed by atoms with Crippen molar-refractivity contribution in [3.05, 3.63) is 239 Å². The highest BCUT2D eigenvalue weighted by Gasteiger charge is 2.43. The second kappa shape index (κ2) is 30.5. The molecule has 2 aliphatic rings. The summed E-state index contributed by atoms with van der Waals surface area (Å²) in [5.41, 5.74) is 7.51. The molecule has 2 atom stereocenters. The third-order valence-electron chi connectivity index (χ3n) is 13.4. The maximum absolute atomic E-state index is 16.5. The number of benzene rings is 6. The van der Waals surface area contributed by atoms with Crippen LogP contribution in [0.2, 0.25) is 0 Å². The minimum absolute atomic E-state index is 0.250. The first-order valence-electron chi connectivity index (χ1n) is 27.4. The summed E-state index contributed by atoms with van der Waals surface area (Å²) in [5.74, 6) is 4.25. The second-order valence-electron chi connectivity index (χ2n) is 18.7. The fourth-order valence-corrected chi connectivity index (χ4v) is 9.75. The lowest BCUT2D eigenvalue weighted by molar-refractivity contribution is -0.142. The van der Waals surface area contributed by atoms with Crippen LogP contribution in [0.5, 0.6) is 0 Å². The van der Waals surface area contributed by atoms with E-state index in [1.807, 2.05) is 86.6 Å². The van der Waals surface area contributed by atoms with Crippen LogP contribution in [0.25, 0.3) is 0 Å². The Hall–Kier alpha value is -7.06. The molecule has 0 aliphatic carbocycles. The normalized spacial score (nSPS) is 15.6. The molecule has 0 spiro atoms. The van der Waals surface area contributed by atoms with Crippen LogP contribution >= 0.6 is 0 Å². The molecule has 0 amide bonds. The second-order valence-corrected chi connectivity index (χ2v) is 18.7. The average Bonchev–Trinajstić information content (AvgIpc) is 4.38. The van der Waals surface area contributed by atoms with Crippen molar-refractivity contribution in [3.8, 4) is 11.8 Å². The number of nitrogens with two attached hydrogens (primary N) is 1. The molecular formula is C66H72F4N4O6. The average molecular weight is 1090 g/mol. The molecule has 1 aromatic heterocycles. The molecule has 9 rings (SSSR count). The van der Waals surface area contributed by atoms with Crippen molar-refractivity contribution in [2.75, 3.05) is 51.5 Å². The number of rotatable bonds is 20. The van der Waals surface area contributed by atoms with E-state index in [0.29, 0.717) is 67.0 Å². The van der Waals surface area contributed by atoms with E-state index in [2.05, 4.69) is 58.5 Å². The maximum atomic E-state index is 16.5. The number of hydrogen-bond acceptors (Lipinski definition) is 10. The molecule has 10 nitrogen and oxygen atoms in total. The standard InChI is InChI=1S/C33H35FN2O3.C28H26F3NO2.C5H11NO/c1-3-37-32(38-4-2)28-23-27(30(34)31(35-28)29-21-14-22-39-29)36-33(24-15-8-5-9-16-24,25-17-10-6-11-18-25)26-19-12-7-13-20-26;1-3-33-26(34-4-2)21-20-25(28(29,30)31)32-27(22-14-8-5-9-15-22,23-16-10-6-11-17-23)24-18-12-7-13-19-24;6-4-5-2-1-3-7-5/h5-13,15-20,23,29,32H,3-4,14,21-22H2,1-2H3,(H,35,36);5-19,26H,3-4H2,1-2H3;5H,1-4,6H2. The number of hydrogen-bond donors (Lipinski definition) is 2. The molecule has 2 unspecified atom stereocenters. The van der Waals surface area contributed by atoms with Crippen molar-refractivity contribution in [2.24, 2.45) is 10.7 Å². The van der Waals surface area contributed by atoms with E-state index in [1.165, 1.54) is 6.42 Å². The third kappa shape index (κ3) is 15.4. The molecular weight excluding hydrogens is 1020 g/mol. The molecule has 14 heteroatoms. The minimum atomic E-state index is -4.79. The molecule has 3 N–H and O–H groups in total. The fraction of sp³-hybridized carbons (Fsp3) is 0.333. The summed E-state index contributed by atoms with van der Waals surface area (Å²) in [6.45, 7) is 10.8. The van der Waals surface area contributed by atoms with Crippen molar-refractivity contribution in [2.45, 2.75) is 95.4 Å². The van der Waals surface area contributed by atoms with Crippen LogP contribution in [-0.2, 0) is 39.5 Å². The molecule has 2 saturated heterocycles. The Kier molecular flexibility index (Phi) is 23.1. The van der Waals surface area contributed by atoms with E-state index in [-0.39, 0.29) is 18.9 Å². The monoisotopic (exact) mass is 1090 g/mol. The van der Waals surface area contributed by atoms with Crippen molar-refractivity contribution in [1.82, 2.24) is 4.98 Å².